The van der Waals surface area contributed by atoms with Gasteiger partial charge in [-0.2, -0.15) is 0 Å². The number of hydrogen-bond acceptors (Lipinski definition) is 1. The molecule has 0 aromatic heterocycles. The molecule has 1 atom stereocenters. The Morgan fingerprint density at radius 2 is 1.90 bits per heavy atom. The summed E-state index contributed by atoms with van der Waals surface area (Å²) in [6.07, 6.45) is 0.833. The standard InChI is InChI=1S/C17H18BrCl2N/c1-3-21-17(13-7-14(18)10-15(19)8-13)9-12-5-4-11(2)6-16(12)20/h4-8,10,17,21H,3,9H2,1-2H3. The summed E-state index contributed by atoms with van der Waals surface area (Å²) in [7, 11) is 0. The van der Waals surface area contributed by atoms with Crippen molar-refractivity contribution in [3.8, 4) is 0 Å². The molecule has 0 spiro atoms. The van der Waals surface area contributed by atoms with E-state index in [0.717, 1.165) is 38.6 Å². The van der Waals surface area contributed by atoms with E-state index in [1.54, 1.807) is 0 Å². The van der Waals surface area contributed by atoms with Crippen LogP contribution in [0.5, 0.6) is 0 Å². The lowest BCUT2D eigenvalue weighted by Crippen LogP contribution is -2.23. The van der Waals surface area contributed by atoms with Gasteiger partial charge in [-0.15, -0.1) is 0 Å². The van der Waals surface area contributed by atoms with Gasteiger partial charge in [-0.1, -0.05) is 58.2 Å². The minimum absolute atomic E-state index is 0.185. The molecule has 0 aliphatic carbocycles. The van der Waals surface area contributed by atoms with Gasteiger partial charge >= 0.3 is 0 Å². The maximum absolute atomic E-state index is 6.36. The van der Waals surface area contributed by atoms with Gasteiger partial charge in [0, 0.05) is 20.6 Å². The van der Waals surface area contributed by atoms with Crippen molar-refractivity contribution in [2.75, 3.05) is 6.54 Å². The summed E-state index contributed by atoms with van der Waals surface area (Å²) in [5.41, 5.74) is 3.48. The van der Waals surface area contributed by atoms with E-state index in [1.165, 1.54) is 5.56 Å². The van der Waals surface area contributed by atoms with E-state index < -0.39 is 0 Å². The summed E-state index contributed by atoms with van der Waals surface area (Å²) < 4.78 is 0.989. The second kappa shape index (κ2) is 7.64. The molecular weight excluding hydrogens is 369 g/mol. The highest BCUT2D eigenvalue weighted by Crippen LogP contribution is 2.28. The maximum atomic E-state index is 6.36. The number of hydrogen-bond donors (Lipinski definition) is 1. The van der Waals surface area contributed by atoms with Gasteiger partial charge in [0.1, 0.15) is 0 Å². The zero-order valence-electron chi connectivity index (χ0n) is 12.1. The third kappa shape index (κ3) is 4.72. The Bertz CT molecular complexity index is 608. The van der Waals surface area contributed by atoms with Gasteiger partial charge in [-0.25, -0.2) is 0 Å². The SMILES string of the molecule is CCNC(Cc1ccc(C)cc1Cl)c1cc(Cl)cc(Br)c1. The van der Waals surface area contributed by atoms with Crippen LogP contribution in [0.4, 0.5) is 0 Å². The quantitative estimate of drug-likeness (QED) is 0.668. The fourth-order valence-corrected chi connectivity index (χ4v) is 3.57. The van der Waals surface area contributed by atoms with E-state index >= 15 is 0 Å². The number of benzene rings is 2. The molecule has 0 saturated heterocycles. The zero-order valence-corrected chi connectivity index (χ0v) is 15.2. The molecule has 1 N–H and O–H groups in total. The zero-order chi connectivity index (χ0) is 15.4. The van der Waals surface area contributed by atoms with Crippen molar-refractivity contribution in [1.29, 1.82) is 0 Å². The minimum Gasteiger partial charge on any atom is -0.310 e. The lowest BCUT2D eigenvalue weighted by molar-refractivity contribution is 0.549. The second-order valence-corrected chi connectivity index (χ2v) is 6.87. The van der Waals surface area contributed by atoms with Crippen molar-refractivity contribution in [3.63, 3.8) is 0 Å². The first-order chi connectivity index (χ1) is 9.99. The topological polar surface area (TPSA) is 12.0 Å². The first-order valence-electron chi connectivity index (χ1n) is 6.94. The molecular formula is C17H18BrCl2N. The van der Waals surface area contributed by atoms with Crippen LogP contribution in [-0.4, -0.2) is 6.54 Å². The fourth-order valence-electron chi connectivity index (χ4n) is 2.37. The summed E-state index contributed by atoms with van der Waals surface area (Å²) in [5.74, 6) is 0. The van der Waals surface area contributed by atoms with Crippen molar-refractivity contribution in [2.45, 2.75) is 26.3 Å². The van der Waals surface area contributed by atoms with Gasteiger partial charge < -0.3 is 5.32 Å². The highest BCUT2D eigenvalue weighted by atomic mass is 79.9. The number of likely N-dealkylation sites (N-methyl/N-ethyl adjacent to an activating group) is 1. The van der Waals surface area contributed by atoms with Crippen LogP contribution in [0.3, 0.4) is 0 Å². The van der Waals surface area contributed by atoms with E-state index in [9.17, 15) is 0 Å². The van der Waals surface area contributed by atoms with Crippen LogP contribution in [-0.2, 0) is 6.42 Å². The Labute approximate surface area is 144 Å². The molecule has 112 valence electrons. The minimum atomic E-state index is 0.185. The summed E-state index contributed by atoms with van der Waals surface area (Å²) in [6, 6.07) is 12.4. The number of aryl methyl sites for hydroxylation is 1. The first-order valence-corrected chi connectivity index (χ1v) is 8.49. The largest absolute Gasteiger partial charge is 0.310 e. The maximum Gasteiger partial charge on any atom is 0.0441 e. The molecule has 1 nitrogen and oxygen atoms in total. The van der Waals surface area contributed by atoms with Crippen LogP contribution < -0.4 is 5.32 Å². The Hall–Kier alpha value is -0.540. The summed E-state index contributed by atoms with van der Waals surface area (Å²) in [4.78, 5) is 0. The Morgan fingerprint density at radius 3 is 2.52 bits per heavy atom. The molecule has 0 aliphatic rings. The van der Waals surface area contributed by atoms with Gasteiger partial charge in [0.2, 0.25) is 0 Å². The van der Waals surface area contributed by atoms with Crippen LogP contribution >= 0.6 is 39.1 Å². The van der Waals surface area contributed by atoms with Gasteiger partial charge in [-0.05, 0) is 60.8 Å². The predicted octanol–water partition coefficient (Wildman–Crippen LogP) is 5.96. The number of rotatable bonds is 5. The normalized spacial score (nSPS) is 12.4. The van der Waals surface area contributed by atoms with Gasteiger partial charge in [-0.3, -0.25) is 0 Å². The summed E-state index contributed by atoms with van der Waals surface area (Å²) >= 11 is 16.0. The van der Waals surface area contributed by atoms with Crippen molar-refractivity contribution in [2.24, 2.45) is 0 Å². The van der Waals surface area contributed by atoms with Crippen molar-refractivity contribution < 1.29 is 0 Å². The summed E-state index contributed by atoms with van der Waals surface area (Å²) in [6.45, 7) is 5.03. The van der Waals surface area contributed by atoms with E-state index in [4.69, 9.17) is 23.2 Å². The number of halogens is 3. The smallest absolute Gasteiger partial charge is 0.0441 e. The Morgan fingerprint density at radius 1 is 1.14 bits per heavy atom. The van der Waals surface area contributed by atoms with Crippen LogP contribution in [0.2, 0.25) is 10.0 Å². The molecule has 21 heavy (non-hydrogen) atoms. The van der Waals surface area contributed by atoms with Crippen LogP contribution in [0.15, 0.2) is 40.9 Å². The highest BCUT2D eigenvalue weighted by molar-refractivity contribution is 9.10. The lowest BCUT2D eigenvalue weighted by Gasteiger charge is -2.20. The highest BCUT2D eigenvalue weighted by Gasteiger charge is 2.14. The third-order valence-corrected chi connectivity index (χ3v) is 4.40. The number of nitrogens with one attached hydrogen (secondary N) is 1. The Kier molecular flexibility index (Phi) is 6.12. The van der Waals surface area contributed by atoms with Gasteiger partial charge in [0.25, 0.3) is 0 Å². The van der Waals surface area contributed by atoms with E-state index in [2.05, 4.69) is 46.4 Å². The molecule has 0 heterocycles. The molecule has 0 amide bonds. The first kappa shape index (κ1) is 16.8. The molecule has 1 unspecified atom stereocenters. The van der Waals surface area contributed by atoms with Gasteiger partial charge in [0.05, 0.1) is 0 Å². The second-order valence-electron chi connectivity index (χ2n) is 5.11. The molecule has 2 aromatic carbocycles. The van der Waals surface area contributed by atoms with Crippen molar-refractivity contribution >= 4 is 39.1 Å². The van der Waals surface area contributed by atoms with Gasteiger partial charge in [0.15, 0.2) is 0 Å². The van der Waals surface area contributed by atoms with Crippen molar-refractivity contribution in [1.82, 2.24) is 5.32 Å². The molecule has 0 aliphatic heterocycles. The monoisotopic (exact) mass is 385 g/mol. The fraction of sp³-hybridized carbons (Fsp3) is 0.294. The third-order valence-electron chi connectivity index (χ3n) is 3.37. The average molecular weight is 387 g/mol. The Balaban J connectivity index is 2.30. The van der Waals surface area contributed by atoms with E-state index in [1.807, 2.05) is 25.1 Å². The van der Waals surface area contributed by atoms with E-state index in [0.29, 0.717) is 0 Å². The molecule has 0 radical (unpaired) electrons. The molecule has 0 fully saturated rings. The molecule has 2 rings (SSSR count). The van der Waals surface area contributed by atoms with Crippen molar-refractivity contribution in [3.05, 3.63) is 67.6 Å². The average Bonchev–Trinajstić information content (AvgIpc) is 2.40. The van der Waals surface area contributed by atoms with Crippen LogP contribution in [0.1, 0.15) is 29.7 Å². The lowest BCUT2D eigenvalue weighted by atomic mass is 9.98. The molecule has 4 heteroatoms. The molecule has 0 bridgehead atoms. The van der Waals surface area contributed by atoms with Crippen LogP contribution in [0, 0.1) is 6.92 Å². The predicted molar refractivity (Wildman–Crippen MR) is 95.5 cm³/mol. The van der Waals surface area contributed by atoms with E-state index in [-0.39, 0.29) is 6.04 Å². The molecule has 2 aromatic rings. The molecule has 0 saturated carbocycles. The summed E-state index contributed by atoms with van der Waals surface area (Å²) in [5, 5.41) is 5.06. The van der Waals surface area contributed by atoms with Crippen LogP contribution in [0.25, 0.3) is 0 Å².